The predicted molar refractivity (Wildman–Crippen MR) is 97.7 cm³/mol. The van der Waals surface area contributed by atoms with Crippen LogP contribution in [0, 0.1) is 0 Å². The summed E-state index contributed by atoms with van der Waals surface area (Å²) in [5.74, 6) is 0. The second-order valence-corrected chi connectivity index (χ2v) is 14.1. The van der Waals surface area contributed by atoms with Crippen molar-refractivity contribution >= 4 is 13.6 Å². The quantitative estimate of drug-likeness (QED) is 0.546. The van der Waals surface area contributed by atoms with Crippen LogP contribution in [-0.2, 0) is 24.7 Å². The molecule has 0 amide bonds. The summed E-state index contributed by atoms with van der Waals surface area (Å²) in [6.07, 6.45) is 6.07. The maximum Gasteiger partial charge on any atom is -1.00 e. The molecule has 2 aromatic rings. The second-order valence-electron chi connectivity index (χ2n) is 7.57. The predicted octanol–water partition coefficient (Wildman–Crippen LogP) is -0.0979. The van der Waals surface area contributed by atoms with Gasteiger partial charge in [-0.1, -0.05) is 0 Å². The van der Waals surface area contributed by atoms with Gasteiger partial charge in [-0.3, -0.25) is 0 Å². The van der Waals surface area contributed by atoms with Crippen molar-refractivity contribution in [3.05, 3.63) is 76.5 Å². The van der Waals surface area contributed by atoms with Crippen molar-refractivity contribution in [2.45, 2.75) is 29.7 Å². The first kappa shape index (κ1) is 20.9. The minimum absolute atomic E-state index is 0. The van der Waals surface area contributed by atoms with Crippen LogP contribution in [0.5, 0.6) is 0 Å². The monoisotopic (exact) mass is 461 g/mol. The maximum atomic E-state index is 2.49. The van der Waals surface area contributed by atoms with Gasteiger partial charge in [0.1, 0.15) is 0 Å². The largest absolute Gasteiger partial charge is 1.00 e. The Bertz CT molecular complexity index is 862. The van der Waals surface area contributed by atoms with Crippen molar-refractivity contribution in [1.29, 1.82) is 0 Å². The van der Waals surface area contributed by atoms with Gasteiger partial charge in [0.15, 0.2) is 0 Å². The van der Waals surface area contributed by atoms with Crippen LogP contribution in [0.3, 0.4) is 0 Å². The molecule has 0 radical (unpaired) electrons. The van der Waals surface area contributed by atoms with Gasteiger partial charge in [-0.05, 0) is 0 Å². The van der Waals surface area contributed by atoms with Gasteiger partial charge < -0.3 is 24.8 Å². The zero-order chi connectivity index (χ0) is 16.2. The van der Waals surface area contributed by atoms with Crippen molar-refractivity contribution in [2.24, 2.45) is 0 Å². The SMILES string of the molecule is C[Si](C)(C)C1=CCC(c2cccc3c2[CH]([Zr+2])c2ccccc2-3)=C1.[Cl-].[Cl-]. The van der Waals surface area contributed by atoms with Crippen molar-refractivity contribution in [3.8, 4) is 11.1 Å². The molecule has 2 aliphatic carbocycles. The van der Waals surface area contributed by atoms with E-state index in [2.05, 4.69) is 74.3 Å². The Morgan fingerprint density at radius 2 is 1.52 bits per heavy atom. The molecule has 2 aliphatic rings. The number of hydrogen-bond donors (Lipinski definition) is 0. The molecule has 4 rings (SSSR count). The number of halogens is 2. The average Bonchev–Trinajstić information content (AvgIpc) is 3.12. The van der Waals surface area contributed by atoms with E-state index in [4.69, 9.17) is 0 Å². The summed E-state index contributed by atoms with van der Waals surface area (Å²) in [5.41, 5.74) is 9.02. The van der Waals surface area contributed by atoms with E-state index in [0.717, 1.165) is 6.42 Å². The summed E-state index contributed by atoms with van der Waals surface area (Å²) in [5, 5.41) is 1.61. The zero-order valence-electron chi connectivity index (χ0n) is 14.7. The molecule has 1 unspecified atom stereocenters. The average molecular weight is 464 g/mol. The summed E-state index contributed by atoms with van der Waals surface area (Å²) in [6, 6.07) is 15.8. The van der Waals surface area contributed by atoms with Gasteiger partial charge in [0.05, 0.1) is 0 Å². The molecule has 0 spiro atoms. The topological polar surface area (TPSA) is 0 Å². The van der Waals surface area contributed by atoms with E-state index in [9.17, 15) is 0 Å². The molecule has 2 aromatic carbocycles. The normalized spacial score (nSPS) is 17.7. The molecule has 0 aliphatic heterocycles. The molecule has 0 saturated heterocycles. The van der Waals surface area contributed by atoms with Gasteiger partial charge in [0.2, 0.25) is 0 Å². The van der Waals surface area contributed by atoms with Gasteiger partial charge in [-0.25, -0.2) is 0 Å². The molecule has 0 heterocycles. The molecule has 1 atom stereocenters. The van der Waals surface area contributed by atoms with Crippen molar-refractivity contribution in [3.63, 3.8) is 0 Å². The summed E-state index contributed by atoms with van der Waals surface area (Å²) in [6.45, 7) is 7.32. The fraction of sp³-hybridized carbons (Fsp3) is 0.238. The van der Waals surface area contributed by atoms with Crippen LogP contribution in [0.25, 0.3) is 16.7 Å². The Morgan fingerprint density at radius 3 is 2.20 bits per heavy atom. The number of allylic oxidation sites excluding steroid dienone is 4. The molecule has 0 aromatic heterocycles. The molecule has 4 heteroatoms. The van der Waals surface area contributed by atoms with Crippen LogP contribution in [-0.4, -0.2) is 8.07 Å². The van der Waals surface area contributed by atoms with E-state index in [1.54, 1.807) is 35.5 Å². The van der Waals surface area contributed by atoms with Crippen LogP contribution in [0.4, 0.5) is 0 Å². The first-order valence-electron chi connectivity index (χ1n) is 8.32. The fourth-order valence-electron chi connectivity index (χ4n) is 3.78. The Labute approximate surface area is 179 Å². The number of hydrogen-bond acceptors (Lipinski definition) is 0. The summed E-state index contributed by atoms with van der Waals surface area (Å²) < 4.78 is 0.585. The number of fused-ring (bicyclic) bond motifs is 3. The molecule has 0 fully saturated rings. The number of benzene rings is 2. The van der Waals surface area contributed by atoms with Crippen LogP contribution in [0.15, 0.2) is 59.8 Å². The van der Waals surface area contributed by atoms with Crippen molar-refractivity contribution < 1.29 is 49.5 Å². The Morgan fingerprint density at radius 1 is 0.880 bits per heavy atom. The molecule has 0 saturated carbocycles. The first-order chi connectivity index (χ1) is 11.0. The molecule has 0 bridgehead atoms. The molecule has 25 heavy (non-hydrogen) atoms. The third-order valence-corrected chi connectivity index (χ3v) is 8.59. The third-order valence-electron chi connectivity index (χ3n) is 5.04. The third kappa shape index (κ3) is 3.56. The number of rotatable bonds is 2. The second kappa shape index (κ2) is 7.69. The van der Waals surface area contributed by atoms with Crippen molar-refractivity contribution in [1.82, 2.24) is 0 Å². The Kier molecular flexibility index (Phi) is 6.43. The van der Waals surface area contributed by atoms with Gasteiger partial charge in [0.25, 0.3) is 0 Å². The van der Waals surface area contributed by atoms with E-state index in [0.29, 0.717) is 3.63 Å². The van der Waals surface area contributed by atoms with E-state index in [1.165, 1.54) is 27.8 Å². The molecular formula is C21H21Cl2SiZr. The van der Waals surface area contributed by atoms with Gasteiger partial charge >= 0.3 is 156 Å². The summed E-state index contributed by atoms with van der Waals surface area (Å²) >= 11 is 1.59. The van der Waals surface area contributed by atoms with Gasteiger partial charge in [-0.15, -0.1) is 0 Å². The van der Waals surface area contributed by atoms with Crippen molar-refractivity contribution in [2.75, 3.05) is 0 Å². The van der Waals surface area contributed by atoms with Crippen LogP contribution < -0.4 is 24.8 Å². The minimum Gasteiger partial charge on any atom is -1.00 e. The summed E-state index contributed by atoms with van der Waals surface area (Å²) in [4.78, 5) is 0. The molecule has 0 nitrogen and oxygen atoms in total. The molecule has 127 valence electrons. The Balaban J connectivity index is 0.00000113. The van der Waals surface area contributed by atoms with Gasteiger partial charge in [-0.2, -0.15) is 0 Å². The van der Waals surface area contributed by atoms with E-state index >= 15 is 0 Å². The van der Waals surface area contributed by atoms with E-state index < -0.39 is 8.07 Å². The van der Waals surface area contributed by atoms with E-state index in [1.807, 2.05) is 0 Å². The van der Waals surface area contributed by atoms with Crippen LogP contribution in [0.1, 0.15) is 26.7 Å². The zero-order valence-corrected chi connectivity index (χ0v) is 19.7. The standard InChI is InChI=1S/C21H21Si.2ClH.Zr/c1-22(2,3)17-12-11-16(13-17)19-9-6-10-20-18-8-5-4-7-15(18)14-21(19)20;;;/h4-10,12-14H,11H2,1-3H3;2*1H;/q;;;+2/p-2. The smallest absolute Gasteiger partial charge is 1.00 e. The minimum atomic E-state index is -1.21. The first-order valence-corrected chi connectivity index (χ1v) is 13.2. The molecular weight excluding hydrogens is 442 g/mol. The maximum absolute atomic E-state index is 2.49. The van der Waals surface area contributed by atoms with Crippen LogP contribution in [0.2, 0.25) is 19.6 Å². The van der Waals surface area contributed by atoms with Gasteiger partial charge in [0, 0.05) is 0 Å². The fourth-order valence-corrected chi connectivity index (χ4v) is 6.48. The summed E-state index contributed by atoms with van der Waals surface area (Å²) in [7, 11) is -1.21. The Hall–Kier alpha value is -0.400. The molecule has 0 N–H and O–H groups in total. The van der Waals surface area contributed by atoms with Crippen LogP contribution >= 0.6 is 0 Å². The van der Waals surface area contributed by atoms with E-state index in [-0.39, 0.29) is 24.8 Å².